The van der Waals surface area contributed by atoms with Gasteiger partial charge >= 0.3 is 0 Å². The Hall–Kier alpha value is -1.10. The Morgan fingerprint density at radius 1 is 1.43 bits per heavy atom. The van der Waals surface area contributed by atoms with Crippen LogP contribution in [0.25, 0.3) is 0 Å². The summed E-state index contributed by atoms with van der Waals surface area (Å²) in [6.07, 6.45) is 4.67. The fraction of sp³-hybridized carbons (Fsp3) is 0.312. The molecule has 1 N–H and O–H groups in total. The molecule has 1 unspecified atom stereocenters. The lowest BCUT2D eigenvalue weighted by molar-refractivity contribution is 0.401. The van der Waals surface area contributed by atoms with E-state index in [0.717, 1.165) is 34.3 Å². The molecule has 0 radical (unpaired) electrons. The molecule has 0 saturated heterocycles. The van der Waals surface area contributed by atoms with Crippen LogP contribution in [-0.2, 0) is 0 Å². The second-order valence-electron chi connectivity index (χ2n) is 4.68. The largest absolute Gasteiger partial charge is 0.495 e. The Morgan fingerprint density at radius 2 is 2.24 bits per heavy atom. The minimum atomic E-state index is -0.0106. The lowest BCUT2D eigenvalue weighted by atomic mass is 9.99. The van der Waals surface area contributed by atoms with Crippen molar-refractivity contribution in [2.45, 2.75) is 19.4 Å². The summed E-state index contributed by atoms with van der Waals surface area (Å²) in [7, 11) is 1.66. The third-order valence-electron chi connectivity index (χ3n) is 3.17. The molecule has 2 aromatic rings. The highest BCUT2D eigenvalue weighted by Gasteiger charge is 2.20. The summed E-state index contributed by atoms with van der Waals surface area (Å²) in [5, 5.41) is 4.20. The van der Waals surface area contributed by atoms with Crippen LogP contribution in [-0.4, -0.2) is 18.6 Å². The molecule has 0 spiro atoms. The number of hydrogen-bond donors (Lipinski definition) is 1. The average molecular weight is 370 g/mol. The first-order chi connectivity index (χ1) is 10.2. The fourth-order valence-electron chi connectivity index (χ4n) is 2.25. The number of nitrogens with one attached hydrogen (secondary N) is 1. The van der Waals surface area contributed by atoms with Gasteiger partial charge in [-0.3, -0.25) is 4.98 Å². The molecule has 1 aromatic heterocycles. The molecule has 3 nitrogen and oxygen atoms in total. The van der Waals surface area contributed by atoms with Crippen LogP contribution in [0.4, 0.5) is 0 Å². The molecule has 0 aliphatic heterocycles. The van der Waals surface area contributed by atoms with Gasteiger partial charge in [0.15, 0.2) is 0 Å². The second kappa shape index (κ2) is 7.78. The van der Waals surface area contributed by atoms with E-state index in [9.17, 15) is 0 Å². The normalized spacial score (nSPS) is 12.2. The third-order valence-corrected chi connectivity index (χ3v) is 3.98. The highest BCUT2D eigenvalue weighted by Crippen LogP contribution is 2.38. The van der Waals surface area contributed by atoms with Crippen LogP contribution >= 0.6 is 27.5 Å². The fourth-order valence-corrected chi connectivity index (χ4v) is 3.25. The number of halogens is 2. The van der Waals surface area contributed by atoms with Gasteiger partial charge < -0.3 is 10.1 Å². The highest BCUT2D eigenvalue weighted by molar-refractivity contribution is 9.10. The Kier molecular flexibility index (Phi) is 6.03. The van der Waals surface area contributed by atoms with Crippen molar-refractivity contribution >= 4 is 27.5 Å². The van der Waals surface area contributed by atoms with Gasteiger partial charge in [0.05, 0.1) is 17.6 Å². The Morgan fingerprint density at radius 3 is 2.86 bits per heavy atom. The van der Waals surface area contributed by atoms with Gasteiger partial charge in [0.2, 0.25) is 0 Å². The molecule has 0 saturated carbocycles. The molecule has 1 atom stereocenters. The van der Waals surface area contributed by atoms with Gasteiger partial charge in [0, 0.05) is 23.0 Å². The van der Waals surface area contributed by atoms with E-state index in [1.807, 2.05) is 24.4 Å². The Bertz CT molecular complexity index is 592. The van der Waals surface area contributed by atoms with Crippen LogP contribution in [0.1, 0.15) is 30.5 Å². The first-order valence-corrected chi connectivity index (χ1v) is 8.00. The smallest absolute Gasteiger partial charge is 0.138 e. The lowest BCUT2D eigenvalue weighted by Crippen LogP contribution is -2.24. The lowest BCUT2D eigenvalue weighted by Gasteiger charge is -2.22. The van der Waals surface area contributed by atoms with Gasteiger partial charge in [-0.25, -0.2) is 0 Å². The third kappa shape index (κ3) is 3.96. The first kappa shape index (κ1) is 16.3. The molecule has 112 valence electrons. The number of rotatable bonds is 6. The molecule has 0 amide bonds. The molecule has 1 aromatic carbocycles. The number of benzene rings is 1. The van der Waals surface area contributed by atoms with E-state index in [2.05, 4.69) is 39.2 Å². The summed E-state index contributed by atoms with van der Waals surface area (Å²) in [5.41, 5.74) is 2.08. The highest BCUT2D eigenvalue weighted by atomic mass is 79.9. The van der Waals surface area contributed by atoms with E-state index in [1.54, 1.807) is 13.3 Å². The van der Waals surface area contributed by atoms with E-state index >= 15 is 0 Å². The molecule has 0 aliphatic carbocycles. The summed E-state index contributed by atoms with van der Waals surface area (Å²) < 4.78 is 6.39. The summed E-state index contributed by atoms with van der Waals surface area (Å²) in [4.78, 5) is 4.21. The van der Waals surface area contributed by atoms with Crippen LogP contribution in [0.3, 0.4) is 0 Å². The van der Waals surface area contributed by atoms with Crippen molar-refractivity contribution in [1.82, 2.24) is 10.3 Å². The van der Waals surface area contributed by atoms with Crippen molar-refractivity contribution in [3.8, 4) is 5.75 Å². The van der Waals surface area contributed by atoms with Gasteiger partial charge in [0.25, 0.3) is 0 Å². The predicted molar refractivity (Wildman–Crippen MR) is 90.1 cm³/mol. The molecule has 0 bridgehead atoms. The van der Waals surface area contributed by atoms with Gasteiger partial charge in [0.1, 0.15) is 5.75 Å². The van der Waals surface area contributed by atoms with Gasteiger partial charge in [-0.05, 0) is 52.7 Å². The van der Waals surface area contributed by atoms with Crippen molar-refractivity contribution in [3.63, 3.8) is 0 Å². The van der Waals surface area contributed by atoms with E-state index in [1.165, 1.54) is 0 Å². The predicted octanol–water partition coefficient (Wildman–Crippen LogP) is 4.60. The number of nitrogens with zero attached hydrogens (tertiary/aromatic N) is 1. The summed E-state index contributed by atoms with van der Waals surface area (Å²) in [6.45, 7) is 3.03. The molecule has 21 heavy (non-hydrogen) atoms. The number of pyridine rings is 1. The summed E-state index contributed by atoms with van der Waals surface area (Å²) in [5.74, 6) is 0.789. The standard InChI is InChI=1S/C16H18BrClN2O/c1-3-6-20-15(11-5-4-7-19-10-11)13-8-12(18)9-14(17)16(13)21-2/h4-5,7-10,15,20H,3,6H2,1-2H3. The van der Waals surface area contributed by atoms with Crippen LogP contribution in [0, 0.1) is 0 Å². The minimum absolute atomic E-state index is 0.0106. The Balaban J connectivity index is 2.51. The van der Waals surface area contributed by atoms with Gasteiger partial charge in [-0.2, -0.15) is 0 Å². The van der Waals surface area contributed by atoms with E-state index in [-0.39, 0.29) is 6.04 Å². The number of ether oxygens (including phenoxy) is 1. The molecule has 0 aliphatic rings. The number of methoxy groups -OCH3 is 1. The minimum Gasteiger partial charge on any atom is -0.495 e. The molecule has 5 heteroatoms. The second-order valence-corrected chi connectivity index (χ2v) is 5.97. The average Bonchev–Trinajstić information content (AvgIpc) is 2.48. The maximum Gasteiger partial charge on any atom is 0.138 e. The van der Waals surface area contributed by atoms with Crippen molar-refractivity contribution in [2.24, 2.45) is 0 Å². The quantitative estimate of drug-likeness (QED) is 0.808. The van der Waals surface area contributed by atoms with Crippen LogP contribution in [0.5, 0.6) is 5.75 Å². The molecular formula is C16H18BrClN2O. The van der Waals surface area contributed by atoms with Crippen molar-refractivity contribution < 1.29 is 4.74 Å². The topological polar surface area (TPSA) is 34.2 Å². The van der Waals surface area contributed by atoms with E-state index < -0.39 is 0 Å². The van der Waals surface area contributed by atoms with Gasteiger partial charge in [-0.1, -0.05) is 24.6 Å². The SMILES string of the molecule is CCCNC(c1cccnc1)c1cc(Cl)cc(Br)c1OC. The monoisotopic (exact) mass is 368 g/mol. The zero-order valence-corrected chi connectivity index (χ0v) is 14.4. The number of hydrogen-bond acceptors (Lipinski definition) is 3. The van der Waals surface area contributed by atoms with Crippen LogP contribution in [0.2, 0.25) is 5.02 Å². The van der Waals surface area contributed by atoms with Gasteiger partial charge in [-0.15, -0.1) is 0 Å². The maximum atomic E-state index is 6.22. The first-order valence-electron chi connectivity index (χ1n) is 6.83. The molecular weight excluding hydrogens is 352 g/mol. The number of aromatic nitrogens is 1. The van der Waals surface area contributed by atoms with Crippen molar-refractivity contribution in [3.05, 3.63) is 57.3 Å². The summed E-state index contributed by atoms with van der Waals surface area (Å²) in [6, 6.07) is 7.75. The molecule has 1 heterocycles. The van der Waals surface area contributed by atoms with Crippen molar-refractivity contribution in [2.75, 3.05) is 13.7 Å². The van der Waals surface area contributed by atoms with E-state index in [4.69, 9.17) is 16.3 Å². The zero-order valence-electron chi connectivity index (χ0n) is 12.1. The van der Waals surface area contributed by atoms with Crippen LogP contribution in [0.15, 0.2) is 41.1 Å². The van der Waals surface area contributed by atoms with Crippen molar-refractivity contribution in [1.29, 1.82) is 0 Å². The van der Waals surface area contributed by atoms with Crippen LogP contribution < -0.4 is 10.1 Å². The molecule has 2 rings (SSSR count). The van der Waals surface area contributed by atoms with E-state index in [0.29, 0.717) is 5.02 Å². The zero-order chi connectivity index (χ0) is 15.2. The summed E-state index contributed by atoms with van der Waals surface area (Å²) >= 11 is 9.73. The molecule has 0 fully saturated rings. The Labute approximate surface area is 138 Å². The maximum absolute atomic E-state index is 6.22.